The summed E-state index contributed by atoms with van der Waals surface area (Å²) in [6, 6.07) is 1.99. The molecule has 3 N–H and O–H groups in total. The van der Waals surface area contributed by atoms with Crippen molar-refractivity contribution >= 4 is 15.7 Å². The van der Waals surface area contributed by atoms with Crippen molar-refractivity contribution in [3.8, 4) is 5.75 Å². The van der Waals surface area contributed by atoms with E-state index in [2.05, 4.69) is 9.62 Å². The van der Waals surface area contributed by atoms with E-state index in [1.54, 1.807) is 0 Å². The Morgan fingerprint density at radius 1 is 1.38 bits per heavy atom. The third kappa shape index (κ3) is 3.63. The molecule has 21 heavy (non-hydrogen) atoms. The molecule has 0 radical (unpaired) electrons. The van der Waals surface area contributed by atoms with E-state index >= 15 is 0 Å². The molecule has 1 aliphatic heterocycles. The number of rotatable bonds is 4. The molecule has 1 saturated heterocycles. The first kappa shape index (κ1) is 16.0. The van der Waals surface area contributed by atoms with Gasteiger partial charge in [0, 0.05) is 6.04 Å². The zero-order valence-corrected chi connectivity index (χ0v) is 12.9. The lowest BCUT2D eigenvalue weighted by Gasteiger charge is -2.29. The fourth-order valence-corrected chi connectivity index (χ4v) is 3.72. The van der Waals surface area contributed by atoms with Crippen LogP contribution in [0.3, 0.4) is 0 Å². The summed E-state index contributed by atoms with van der Waals surface area (Å²) in [6.07, 6.45) is 1.45. The van der Waals surface area contributed by atoms with Crippen LogP contribution in [0.5, 0.6) is 5.75 Å². The summed E-state index contributed by atoms with van der Waals surface area (Å²) in [7, 11) is -0.524. The van der Waals surface area contributed by atoms with Crippen molar-refractivity contribution in [3.63, 3.8) is 0 Å². The highest BCUT2D eigenvalue weighted by molar-refractivity contribution is 7.89. The van der Waals surface area contributed by atoms with Crippen LogP contribution in [-0.2, 0) is 10.0 Å². The van der Waals surface area contributed by atoms with Gasteiger partial charge in [0.05, 0.1) is 17.7 Å². The number of ether oxygens (including phenoxy) is 1. The number of anilines is 1. The summed E-state index contributed by atoms with van der Waals surface area (Å²) < 4.78 is 45.8. The van der Waals surface area contributed by atoms with Crippen LogP contribution >= 0.6 is 0 Å². The third-order valence-electron chi connectivity index (χ3n) is 3.60. The minimum absolute atomic E-state index is 0.0405. The van der Waals surface area contributed by atoms with Gasteiger partial charge in [0.15, 0.2) is 11.6 Å². The molecule has 0 aromatic heterocycles. The molecule has 0 unspecified atom stereocenters. The van der Waals surface area contributed by atoms with Gasteiger partial charge in [0.2, 0.25) is 10.0 Å². The van der Waals surface area contributed by atoms with Crippen molar-refractivity contribution in [2.75, 3.05) is 33.0 Å². The number of sulfonamides is 1. The fourth-order valence-electron chi connectivity index (χ4n) is 2.37. The van der Waals surface area contributed by atoms with E-state index in [1.165, 1.54) is 13.2 Å². The van der Waals surface area contributed by atoms with Crippen LogP contribution < -0.4 is 15.2 Å². The van der Waals surface area contributed by atoms with Crippen LogP contribution in [0.2, 0.25) is 0 Å². The van der Waals surface area contributed by atoms with E-state index in [0.717, 1.165) is 32.0 Å². The van der Waals surface area contributed by atoms with Gasteiger partial charge in [-0.05, 0) is 45.1 Å². The molecule has 2 rings (SSSR count). The van der Waals surface area contributed by atoms with Crippen molar-refractivity contribution in [3.05, 3.63) is 17.9 Å². The smallest absolute Gasteiger partial charge is 0.241 e. The van der Waals surface area contributed by atoms with Crippen molar-refractivity contribution in [1.29, 1.82) is 0 Å². The van der Waals surface area contributed by atoms with Crippen molar-refractivity contribution in [2.45, 2.75) is 23.8 Å². The monoisotopic (exact) mass is 317 g/mol. The quantitative estimate of drug-likeness (QED) is 0.802. The van der Waals surface area contributed by atoms with Gasteiger partial charge in [0.25, 0.3) is 0 Å². The molecular weight excluding hydrogens is 297 g/mol. The summed E-state index contributed by atoms with van der Waals surface area (Å²) >= 11 is 0. The maximum absolute atomic E-state index is 13.8. The Morgan fingerprint density at radius 3 is 2.52 bits per heavy atom. The molecule has 0 aliphatic carbocycles. The van der Waals surface area contributed by atoms with E-state index < -0.39 is 15.8 Å². The molecule has 0 amide bonds. The lowest BCUT2D eigenvalue weighted by atomic mass is 10.1. The van der Waals surface area contributed by atoms with E-state index in [9.17, 15) is 12.8 Å². The first-order valence-corrected chi connectivity index (χ1v) is 8.15. The summed E-state index contributed by atoms with van der Waals surface area (Å²) in [5, 5.41) is 0. The second kappa shape index (κ2) is 6.17. The third-order valence-corrected chi connectivity index (χ3v) is 5.10. The van der Waals surface area contributed by atoms with E-state index in [-0.39, 0.29) is 22.4 Å². The van der Waals surface area contributed by atoms with Crippen LogP contribution in [0.15, 0.2) is 17.0 Å². The zero-order valence-electron chi connectivity index (χ0n) is 12.1. The number of piperidine rings is 1. The van der Waals surface area contributed by atoms with Crippen molar-refractivity contribution < 1.29 is 17.5 Å². The molecule has 6 nitrogen and oxygen atoms in total. The number of benzene rings is 1. The molecule has 0 saturated carbocycles. The number of nitrogen functional groups attached to an aromatic ring is 1. The number of likely N-dealkylation sites (tertiary alicyclic amines) is 1. The molecule has 0 bridgehead atoms. The van der Waals surface area contributed by atoms with Crippen LogP contribution in [0.4, 0.5) is 10.1 Å². The number of hydrogen-bond donors (Lipinski definition) is 2. The standard InChI is InChI=1S/C13H20FN3O3S/c1-17-5-3-9(4-6-17)16-21(18,19)10-7-11(14)13(20-2)12(15)8-10/h7-9,16H,3-6,15H2,1-2H3. The van der Waals surface area contributed by atoms with Gasteiger partial charge in [0.1, 0.15) is 0 Å². The van der Waals surface area contributed by atoms with Crippen molar-refractivity contribution in [1.82, 2.24) is 9.62 Å². The number of nitrogens with one attached hydrogen (secondary N) is 1. The largest absolute Gasteiger partial charge is 0.492 e. The van der Waals surface area contributed by atoms with Gasteiger partial charge in [-0.1, -0.05) is 0 Å². The van der Waals surface area contributed by atoms with Gasteiger partial charge in [-0.2, -0.15) is 0 Å². The van der Waals surface area contributed by atoms with Crippen LogP contribution in [0.1, 0.15) is 12.8 Å². The number of nitrogens with two attached hydrogens (primary N) is 1. The lowest BCUT2D eigenvalue weighted by molar-refractivity contribution is 0.248. The first-order valence-electron chi connectivity index (χ1n) is 6.67. The number of halogens is 1. The highest BCUT2D eigenvalue weighted by atomic mass is 32.2. The average Bonchev–Trinajstić information content (AvgIpc) is 2.41. The average molecular weight is 317 g/mol. The Morgan fingerprint density at radius 2 is 2.00 bits per heavy atom. The van der Waals surface area contributed by atoms with Crippen LogP contribution in [0.25, 0.3) is 0 Å². The van der Waals surface area contributed by atoms with E-state index in [1.807, 2.05) is 7.05 Å². The Balaban J connectivity index is 2.20. The van der Waals surface area contributed by atoms with Gasteiger partial charge >= 0.3 is 0 Å². The number of methoxy groups -OCH3 is 1. The Kier molecular flexibility index (Phi) is 4.70. The minimum Gasteiger partial charge on any atom is -0.492 e. The molecular formula is C13H20FN3O3S. The predicted molar refractivity (Wildman–Crippen MR) is 78.2 cm³/mol. The summed E-state index contributed by atoms with van der Waals surface area (Å²) in [4.78, 5) is 1.95. The zero-order chi connectivity index (χ0) is 15.6. The normalized spacial score (nSPS) is 17.9. The minimum atomic E-state index is -3.79. The van der Waals surface area contributed by atoms with Crippen LogP contribution in [-0.4, -0.2) is 46.6 Å². The molecule has 1 fully saturated rings. The molecule has 0 atom stereocenters. The summed E-state index contributed by atoms with van der Waals surface area (Å²) in [6.45, 7) is 1.65. The SMILES string of the molecule is COc1c(N)cc(S(=O)(=O)NC2CCN(C)CC2)cc1F. The molecule has 0 spiro atoms. The van der Waals surface area contributed by atoms with Gasteiger partial charge < -0.3 is 15.4 Å². The molecule has 1 aromatic carbocycles. The second-order valence-corrected chi connectivity index (χ2v) is 6.94. The fraction of sp³-hybridized carbons (Fsp3) is 0.538. The summed E-state index contributed by atoms with van der Waals surface area (Å²) in [5.41, 5.74) is 5.58. The lowest BCUT2D eigenvalue weighted by Crippen LogP contribution is -2.43. The highest BCUT2D eigenvalue weighted by Crippen LogP contribution is 2.28. The maximum Gasteiger partial charge on any atom is 0.241 e. The molecule has 118 valence electrons. The van der Waals surface area contributed by atoms with Gasteiger partial charge in [-0.15, -0.1) is 0 Å². The predicted octanol–water partition coefficient (Wildman–Crippen LogP) is 0.789. The number of nitrogens with zero attached hydrogens (tertiary/aromatic N) is 1. The van der Waals surface area contributed by atoms with E-state index in [0.29, 0.717) is 0 Å². The first-order chi connectivity index (χ1) is 9.83. The molecule has 1 aliphatic rings. The molecule has 1 heterocycles. The Hall–Kier alpha value is -1.38. The topological polar surface area (TPSA) is 84.7 Å². The second-order valence-electron chi connectivity index (χ2n) is 5.23. The van der Waals surface area contributed by atoms with E-state index in [4.69, 9.17) is 10.5 Å². The molecule has 8 heteroatoms. The van der Waals surface area contributed by atoms with Crippen LogP contribution in [0, 0.1) is 5.82 Å². The van der Waals surface area contributed by atoms with Crippen molar-refractivity contribution in [2.24, 2.45) is 0 Å². The highest BCUT2D eigenvalue weighted by Gasteiger charge is 2.25. The Bertz CT molecular complexity index is 590. The Labute approximate surface area is 124 Å². The van der Waals surface area contributed by atoms with Gasteiger partial charge in [-0.25, -0.2) is 17.5 Å². The summed E-state index contributed by atoms with van der Waals surface area (Å²) in [5.74, 6) is -0.936. The maximum atomic E-state index is 13.8. The molecule has 1 aromatic rings. The number of hydrogen-bond acceptors (Lipinski definition) is 5. The van der Waals surface area contributed by atoms with Gasteiger partial charge in [-0.3, -0.25) is 0 Å².